The van der Waals surface area contributed by atoms with Gasteiger partial charge in [-0.25, -0.2) is 0 Å². The van der Waals surface area contributed by atoms with Gasteiger partial charge in [-0.1, -0.05) is 13.8 Å². The van der Waals surface area contributed by atoms with Crippen molar-refractivity contribution in [1.82, 2.24) is 4.90 Å². The minimum atomic E-state index is 0.0677. The second-order valence-corrected chi connectivity index (χ2v) is 6.16. The highest BCUT2D eigenvalue weighted by molar-refractivity contribution is 4.85. The Balaban J connectivity index is 2.49. The summed E-state index contributed by atoms with van der Waals surface area (Å²) in [6.07, 6.45) is 3.19. The van der Waals surface area contributed by atoms with Crippen LogP contribution >= 0.6 is 0 Å². The number of nitrogens with zero attached hydrogens (tertiary/aromatic N) is 1. The fraction of sp³-hybridized carbons (Fsp3) is 1.00. The maximum Gasteiger partial charge on any atom is 0.0501 e. The van der Waals surface area contributed by atoms with Crippen LogP contribution in [0.1, 0.15) is 40.0 Å². The monoisotopic (exact) mass is 243 g/mol. The smallest absolute Gasteiger partial charge is 0.0501 e. The van der Waals surface area contributed by atoms with Gasteiger partial charge in [-0.2, -0.15) is 0 Å². The predicted octanol–water partition coefficient (Wildman–Crippen LogP) is 2.14. The van der Waals surface area contributed by atoms with E-state index in [0.717, 1.165) is 38.5 Å². The van der Waals surface area contributed by atoms with Gasteiger partial charge in [0.05, 0.1) is 6.61 Å². The summed E-state index contributed by atoms with van der Waals surface area (Å²) in [4.78, 5) is 2.40. The zero-order chi connectivity index (χ0) is 12.9. The molecule has 1 aliphatic rings. The highest BCUT2D eigenvalue weighted by Gasteiger charge is 2.34. The minimum absolute atomic E-state index is 0.0677. The van der Waals surface area contributed by atoms with E-state index in [1.54, 1.807) is 0 Å². The van der Waals surface area contributed by atoms with Crippen LogP contribution in [0, 0.1) is 11.3 Å². The van der Waals surface area contributed by atoms with Crippen LogP contribution < -0.4 is 0 Å². The van der Waals surface area contributed by atoms with Crippen LogP contribution in [-0.4, -0.2) is 49.5 Å². The molecule has 0 amide bonds. The Labute approximate surface area is 106 Å². The van der Waals surface area contributed by atoms with Crippen molar-refractivity contribution >= 4 is 0 Å². The van der Waals surface area contributed by atoms with Gasteiger partial charge in [0, 0.05) is 31.2 Å². The van der Waals surface area contributed by atoms with Gasteiger partial charge < -0.3 is 14.7 Å². The molecule has 1 saturated heterocycles. The van der Waals surface area contributed by atoms with Gasteiger partial charge in [0.2, 0.25) is 0 Å². The maximum absolute atomic E-state index is 9.67. The van der Waals surface area contributed by atoms with Crippen molar-refractivity contribution in [3.05, 3.63) is 0 Å². The lowest BCUT2D eigenvalue weighted by Crippen LogP contribution is -2.45. The number of hydrogen-bond donors (Lipinski definition) is 1. The Hall–Kier alpha value is -0.120. The molecular weight excluding hydrogens is 214 g/mol. The lowest BCUT2D eigenvalue weighted by Gasteiger charge is -2.40. The third-order valence-electron chi connectivity index (χ3n) is 4.04. The first-order valence-electron chi connectivity index (χ1n) is 6.88. The highest BCUT2D eigenvalue weighted by atomic mass is 16.5. The normalized spacial score (nSPS) is 22.1. The third kappa shape index (κ3) is 4.57. The fourth-order valence-corrected chi connectivity index (χ4v) is 2.72. The van der Waals surface area contributed by atoms with E-state index >= 15 is 0 Å². The lowest BCUT2D eigenvalue weighted by molar-refractivity contribution is -0.0362. The van der Waals surface area contributed by atoms with Crippen molar-refractivity contribution in [2.75, 3.05) is 33.4 Å². The first-order chi connectivity index (χ1) is 7.99. The van der Waals surface area contributed by atoms with Gasteiger partial charge in [-0.05, 0) is 39.2 Å². The molecule has 1 N–H and O–H groups in total. The molecule has 0 bridgehead atoms. The number of aliphatic hydroxyl groups excluding tert-OH is 1. The molecule has 17 heavy (non-hydrogen) atoms. The molecule has 1 heterocycles. The molecule has 1 aliphatic heterocycles. The molecule has 102 valence electrons. The van der Waals surface area contributed by atoms with E-state index in [9.17, 15) is 5.11 Å². The van der Waals surface area contributed by atoms with E-state index in [0.29, 0.717) is 6.04 Å². The Bertz CT molecular complexity index is 212. The Morgan fingerprint density at radius 3 is 2.29 bits per heavy atom. The Morgan fingerprint density at radius 2 is 1.82 bits per heavy atom. The van der Waals surface area contributed by atoms with Gasteiger partial charge in [-0.3, -0.25) is 0 Å². The topological polar surface area (TPSA) is 32.7 Å². The van der Waals surface area contributed by atoms with Crippen LogP contribution in [0.5, 0.6) is 0 Å². The third-order valence-corrected chi connectivity index (χ3v) is 4.04. The van der Waals surface area contributed by atoms with Crippen molar-refractivity contribution in [1.29, 1.82) is 0 Å². The summed E-state index contributed by atoms with van der Waals surface area (Å²) in [6, 6.07) is 0.585. The van der Waals surface area contributed by atoms with Gasteiger partial charge in [0.25, 0.3) is 0 Å². The van der Waals surface area contributed by atoms with Crippen LogP contribution in [0.25, 0.3) is 0 Å². The van der Waals surface area contributed by atoms with E-state index in [4.69, 9.17) is 4.74 Å². The minimum Gasteiger partial charge on any atom is -0.396 e. The molecular formula is C14H29NO2. The first-order valence-corrected chi connectivity index (χ1v) is 6.88. The highest BCUT2D eigenvalue weighted by Crippen LogP contribution is 2.31. The zero-order valence-corrected chi connectivity index (χ0v) is 11.9. The van der Waals surface area contributed by atoms with Crippen molar-refractivity contribution in [3.63, 3.8) is 0 Å². The lowest BCUT2D eigenvalue weighted by atomic mass is 9.80. The van der Waals surface area contributed by atoms with E-state index in [1.165, 1.54) is 6.42 Å². The Morgan fingerprint density at radius 1 is 1.24 bits per heavy atom. The van der Waals surface area contributed by atoms with Crippen LogP contribution in [0.4, 0.5) is 0 Å². The van der Waals surface area contributed by atoms with Crippen molar-refractivity contribution in [3.8, 4) is 0 Å². The summed E-state index contributed by atoms with van der Waals surface area (Å²) in [7, 11) is 2.18. The van der Waals surface area contributed by atoms with Crippen LogP contribution in [-0.2, 0) is 4.74 Å². The second-order valence-electron chi connectivity index (χ2n) is 6.16. The molecule has 1 fully saturated rings. The summed E-state index contributed by atoms with van der Waals surface area (Å²) >= 11 is 0. The van der Waals surface area contributed by atoms with E-state index in [2.05, 4.69) is 32.7 Å². The number of ether oxygens (including phenoxy) is 1. The fourth-order valence-electron chi connectivity index (χ4n) is 2.72. The van der Waals surface area contributed by atoms with E-state index < -0.39 is 0 Å². The molecule has 0 saturated carbocycles. The average Bonchev–Trinajstić information content (AvgIpc) is 2.29. The Kier molecular flexibility index (Phi) is 5.90. The molecule has 3 heteroatoms. The second kappa shape index (κ2) is 6.72. The van der Waals surface area contributed by atoms with Crippen LogP contribution in [0.15, 0.2) is 0 Å². The predicted molar refractivity (Wildman–Crippen MR) is 71.1 cm³/mol. The summed E-state index contributed by atoms with van der Waals surface area (Å²) in [5.41, 5.74) is 0.0677. The number of aliphatic hydroxyl groups is 1. The van der Waals surface area contributed by atoms with Crippen LogP contribution in [0.2, 0.25) is 0 Å². The maximum atomic E-state index is 9.67. The zero-order valence-electron chi connectivity index (χ0n) is 11.9. The van der Waals surface area contributed by atoms with Crippen LogP contribution in [0.3, 0.4) is 0 Å². The quantitative estimate of drug-likeness (QED) is 0.776. The standard InChI is InChI=1S/C14H29NO2/c1-12(2)9-13(3)15(4)10-14(11-16)5-7-17-8-6-14/h12-13,16H,5-11H2,1-4H3. The molecule has 0 aromatic rings. The SMILES string of the molecule is CC(C)CC(C)N(C)CC1(CO)CCOCC1. The van der Waals surface area contributed by atoms with E-state index in [-0.39, 0.29) is 12.0 Å². The molecule has 0 radical (unpaired) electrons. The largest absolute Gasteiger partial charge is 0.396 e. The molecule has 0 spiro atoms. The average molecular weight is 243 g/mol. The number of rotatable bonds is 6. The molecule has 3 nitrogen and oxygen atoms in total. The molecule has 0 aliphatic carbocycles. The van der Waals surface area contributed by atoms with Gasteiger partial charge in [-0.15, -0.1) is 0 Å². The van der Waals surface area contributed by atoms with Gasteiger partial charge in [0.15, 0.2) is 0 Å². The summed E-state index contributed by atoms with van der Waals surface area (Å²) in [5, 5.41) is 9.67. The first kappa shape index (κ1) is 14.9. The molecule has 1 unspecified atom stereocenters. The molecule has 1 atom stereocenters. The van der Waals surface area contributed by atoms with Crippen molar-refractivity contribution in [2.45, 2.75) is 46.1 Å². The van der Waals surface area contributed by atoms with Gasteiger partial charge in [0.1, 0.15) is 0 Å². The number of hydrogen-bond acceptors (Lipinski definition) is 3. The van der Waals surface area contributed by atoms with E-state index in [1.807, 2.05) is 0 Å². The van der Waals surface area contributed by atoms with Crippen molar-refractivity contribution < 1.29 is 9.84 Å². The van der Waals surface area contributed by atoms with Gasteiger partial charge >= 0.3 is 0 Å². The van der Waals surface area contributed by atoms with Crippen molar-refractivity contribution in [2.24, 2.45) is 11.3 Å². The summed E-state index contributed by atoms with van der Waals surface area (Å²) < 4.78 is 5.40. The molecule has 0 aromatic carbocycles. The molecule has 0 aromatic heterocycles. The summed E-state index contributed by atoms with van der Waals surface area (Å²) in [5.74, 6) is 0.729. The molecule has 1 rings (SSSR count). The summed E-state index contributed by atoms with van der Waals surface area (Å²) in [6.45, 7) is 9.68.